The molecule has 0 amide bonds. The van der Waals surface area contributed by atoms with Crippen molar-refractivity contribution in [3.63, 3.8) is 0 Å². The van der Waals surface area contributed by atoms with E-state index in [1.54, 1.807) is 0 Å². The van der Waals surface area contributed by atoms with Gasteiger partial charge in [-0.15, -0.1) is 0 Å². The largest absolute Gasteiger partial charge is 0.332 e. The highest BCUT2D eigenvalue weighted by molar-refractivity contribution is 4.97. The molecule has 1 heterocycles. The van der Waals surface area contributed by atoms with Gasteiger partial charge in [0.2, 0.25) is 0 Å². The Morgan fingerprint density at radius 2 is 2.25 bits per heavy atom. The van der Waals surface area contributed by atoms with Crippen molar-refractivity contribution in [2.24, 2.45) is 0 Å². The molecule has 1 aromatic rings. The van der Waals surface area contributed by atoms with Crippen LogP contribution in [0.5, 0.6) is 0 Å². The number of nitrogens with zero attached hydrogens (tertiary/aromatic N) is 3. The summed E-state index contributed by atoms with van der Waals surface area (Å²) in [5, 5.41) is 3.41. The van der Waals surface area contributed by atoms with E-state index in [0.717, 1.165) is 32.7 Å². The fraction of sp³-hybridized carbons (Fsp3) is 0.750. The van der Waals surface area contributed by atoms with E-state index in [0.29, 0.717) is 0 Å². The minimum absolute atomic E-state index is 0.920. The third kappa shape index (κ3) is 4.33. The quantitative estimate of drug-likeness (QED) is 0.676. The van der Waals surface area contributed by atoms with E-state index in [9.17, 15) is 0 Å². The van der Waals surface area contributed by atoms with Crippen LogP contribution >= 0.6 is 0 Å². The average molecular weight is 224 g/mol. The molecule has 4 heteroatoms. The number of likely N-dealkylation sites (N-methyl/N-ethyl adjacent to an activating group) is 1. The van der Waals surface area contributed by atoms with Crippen LogP contribution in [-0.4, -0.2) is 41.1 Å². The van der Waals surface area contributed by atoms with Gasteiger partial charge in [0.1, 0.15) is 0 Å². The van der Waals surface area contributed by atoms with Gasteiger partial charge in [0.15, 0.2) is 0 Å². The van der Waals surface area contributed by atoms with Crippen LogP contribution in [0.4, 0.5) is 0 Å². The lowest BCUT2D eigenvalue weighted by Crippen LogP contribution is -2.24. The van der Waals surface area contributed by atoms with Gasteiger partial charge in [0.25, 0.3) is 0 Å². The summed E-state index contributed by atoms with van der Waals surface area (Å²) in [6.07, 6.45) is 5.05. The molecule has 0 aliphatic rings. The van der Waals surface area contributed by atoms with Gasteiger partial charge in [-0.2, -0.15) is 0 Å². The molecule has 0 unspecified atom stereocenters. The first-order chi connectivity index (χ1) is 7.77. The Labute approximate surface area is 98.7 Å². The van der Waals surface area contributed by atoms with Crippen molar-refractivity contribution in [3.05, 3.63) is 18.2 Å². The van der Waals surface area contributed by atoms with E-state index in [-0.39, 0.29) is 0 Å². The lowest BCUT2D eigenvalue weighted by atomic mass is 10.4. The van der Waals surface area contributed by atoms with Crippen molar-refractivity contribution in [1.82, 2.24) is 19.8 Å². The topological polar surface area (TPSA) is 33.1 Å². The standard InChI is InChI=1S/C12H24N4/c1-4-6-13-9-12-10-14-11-16(12)8-7-15(3)5-2/h10-11,13H,4-9H2,1-3H3. The summed E-state index contributed by atoms with van der Waals surface area (Å²) in [7, 11) is 2.14. The monoisotopic (exact) mass is 224 g/mol. The number of aromatic nitrogens is 2. The molecule has 0 saturated carbocycles. The van der Waals surface area contributed by atoms with Gasteiger partial charge in [-0.3, -0.25) is 0 Å². The highest BCUT2D eigenvalue weighted by Gasteiger charge is 2.02. The molecule has 0 spiro atoms. The minimum Gasteiger partial charge on any atom is -0.332 e. The zero-order valence-electron chi connectivity index (χ0n) is 10.7. The maximum atomic E-state index is 4.21. The minimum atomic E-state index is 0.920. The van der Waals surface area contributed by atoms with Crippen LogP contribution in [0, 0.1) is 0 Å². The average Bonchev–Trinajstić information content (AvgIpc) is 2.74. The molecule has 1 rings (SSSR count). The molecule has 0 aromatic carbocycles. The maximum absolute atomic E-state index is 4.21. The van der Waals surface area contributed by atoms with E-state index >= 15 is 0 Å². The molecular formula is C12H24N4. The van der Waals surface area contributed by atoms with Gasteiger partial charge in [-0.1, -0.05) is 13.8 Å². The molecule has 1 N–H and O–H groups in total. The summed E-state index contributed by atoms with van der Waals surface area (Å²) in [6.45, 7) is 9.54. The fourth-order valence-corrected chi connectivity index (χ4v) is 1.53. The molecule has 0 fully saturated rings. The number of hydrogen-bond acceptors (Lipinski definition) is 3. The number of hydrogen-bond donors (Lipinski definition) is 1. The van der Waals surface area contributed by atoms with E-state index in [1.165, 1.54) is 12.1 Å². The second kappa shape index (κ2) is 7.41. The predicted octanol–water partition coefficient (Wildman–Crippen LogP) is 1.33. The van der Waals surface area contributed by atoms with Crippen LogP contribution in [0.2, 0.25) is 0 Å². The van der Waals surface area contributed by atoms with Crippen molar-refractivity contribution < 1.29 is 0 Å². The van der Waals surface area contributed by atoms with Crippen molar-refractivity contribution in [3.8, 4) is 0 Å². The molecule has 92 valence electrons. The first-order valence-corrected chi connectivity index (χ1v) is 6.16. The summed E-state index contributed by atoms with van der Waals surface area (Å²) in [5.74, 6) is 0. The molecule has 4 nitrogen and oxygen atoms in total. The Bertz CT molecular complexity index is 282. The smallest absolute Gasteiger partial charge is 0.0949 e. The first-order valence-electron chi connectivity index (χ1n) is 6.16. The second-order valence-corrected chi connectivity index (χ2v) is 4.15. The van der Waals surface area contributed by atoms with Gasteiger partial charge >= 0.3 is 0 Å². The lowest BCUT2D eigenvalue weighted by Gasteiger charge is -2.15. The SMILES string of the molecule is CCCNCc1cncn1CCN(C)CC. The van der Waals surface area contributed by atoms with E-state index in [4.69, 9.17) is 0 Å². The Balaban J connectivity index is 2.37. The lowest BCUT2D eigenvalue weighted by molar-refractivity contribution is 0.333. The van der Waals surface area contributed by atoms with Gasteiger partial charge in [-0.25, -0.2) is 4.98 Å². The first kappa shape index (κ1) is 13.2. The van der Waals surface area contributed by atoms with E-state index in [2.05, 4.69) is 40.7 Å². The van der Waals surface area contributed by atoms with Crippen LogP contribution < -0.4 is 5.32 Å². The van der Waals surface area contributed by atoms with Crippen molar-refractivity contribution in [2.45, 2.75) is 33.4 Å². The molecule has 0 radical (unpaired) electrons. The Kier molecular flexibility index (Phi) is 6.11. The number of rotatable bonds is 8. The fourth-order valence-electron chi connectivity index (χ4n) is 1.53. The van der Waals surface area contributed by atoms with Crippen LogP contribution in [0.25, 0.3) is 0 Å². The molecule has 0 aliphatic carbocycles. The number of imidazole rings is 1. The predicted molar refractivity (Wildman–Crippen MR) is 67.4 cm³/mol. The molecule has 16 heavy (non-hydrogen) atoms. The highest BCUT2D eigenvalue weighted by atomic mass is 15.1. The van der Waals surface area contributed by atoms with Crippen LogP contribution in [0.3, 0.4) is 0 Å². The summed E-state index contributed by atoms with van der Waals surface area (Å²) in [4.78, 5) is 6.52. The zero-order valence-corrected chi connectivity index (χ0v) is 10.7. The van der Waals surface area contributed by atoms with Gasteiger partial charge in [-0.05, 0) is 26.6 Å². The Morgan fingerprint density at radius 3 is 2.94 bits per heavy atom. The summed E-state index contributed by atoms with van der Waals surface area (Å²) in [6, 6.07) is 0. The molecule has 0 aliphatic heterocycles. The third-order valence-electron chi connectivity index (χ3n) is 2.79. The highest BCUT2D eigenvalue weighted by Crippen LogP contribution is 1.99. The van der Waals surface area contributed by atoms with Gasteiger partial charge in [0, 0.05) is 25.8 Å². The number of nitrogens with one attached hydrogen (secondary N) is 1. The maximum Gasteiger partial charge on any atom is 0.0949 e. The molecule has 1 aromatic heterocycles. The zero-order chi connectivity index (χ0) is 11.8. The molecule has 0 bridgehead atoms. The van der Waals surface area contributed by atoms with Crippen molar-refractivity contribution in [1.29, 1.82) is 0 Å². The summed E-state index contributed by atoms with van der Waals surface area (Å²) >= 11 is 0. The Morgan fingerprint density at radius 1 is 1.44 bits per heavy atom. The van der Waals surface area contributed by atoms with E-state index < -0.39 is 0 Å². The molecule has 0 saturated heterocycles. The summed E-state index contributed by atoms with van der Waals surface area (Å²) in [5.41, 5.74) is 1.28. The van der Waals surface area contributed by atoms with Crippen LogP contribution in [0.15, 0.2) is 12.5 Å². The van der Waals surface area contributed by atoms with Crippen LogP contribution in [0.1, 0.15) is 26.0 Å². The normalized spacial score (nSPS) is 11.2. The van der Waals surface area contributed by atoms with Gasteiger partial charge in [0.05, 0.1) is 12.0 Å². The van der Waals surface area contributed by atoms with Crippen LogP contribution in [-0.2, 0) is 13.1 Å². The van der Waals surface area contributed by atoms with Crippen molar-refractivity contribution in [2.75, 3.05) is 26.7 Å². The molecular weight excluding hydrogens is 200 g/mol. The van der Waals surface area contributed by atoms with Crippen molar-refractivity contribution >= 4 is 0 Å². The molecule has 0 atom stereocenters. The Hall–Kier alpha value is -0.870. The van der Waals surface area contributed by atoms with E-state index in [1.807, 2.05) is 12.5 Å². The summed E-state index contributed by atoms with van der Waals surface area (Å²) < 4.78 is 2.23. The second-order valence-electron chi connectivity index (χ2n) is 4.15. The third-order valence-corrected chi connectivity index (χ3v) is 2.79. The van der Waals surface area contributed by atoms with Gasteiger partial charge < -0.3 is 14.8 Å².